The van der Waals surface area contributed by atoms with Crippen LogP contribution in [0.4, 0.5) is 0 Å². The molecule has 0 aliphatic heterocycles. The monoisotopic (exact) mass is 259 g/mol. The Kier molecular flexibility index (Phi) is 5.45. The van der Waals surface area contributed by atoms with Gasteiger partial charge >= 0.3 is 0 Å². The van der Waals surface area contributed by atoms with Crippen molar-refractivity contribution in [1.29, 1.82) is 0 Å². The highest BCUT2D eigenvalue weighted by Gasteiger charge is 2.30. The minimum absolute atomic E-state index is 0.598. The SMILES string of the molecule is CCC1CCC(CNC(C)C)C(c2ccccc2)C1. The van der Waals surface area contributed by atoms with Crippen LogP contribution in [-0.4, -0.2) is 12.6 Å². The highest BCUT2D eigenvalue weighted by Crippen LogP contribution is 2.41. The van der Waals surface area contributed by atoms with E-state index in [1.807, 2.05) is 0 Å². The summed E-state index contributed by atoms with van der Waals surface area (Å²) in [6, 6.07) is 11.8. The van der Waals surface area contributed by atoms with E-state index >= 15 is 0 Å². The predicted octanol–water partition coefficient (Wildman–Crippen LogP) is 4.59. The van der Waals surface area contributed by atoms with E-state index in [-0.39, 0.29) is 0 Å². The number of nitrogens with one attached hydrogen (secondary N) is 1. The fourth-order valence-electron chi connectivity index (χ4n) is 3.43. The van der Waals surface area contributed by atoms with E-state index in [4.69, 9.17) is 0 Å². The van der Waals surface area contributed by atoms with E-state index in [9.17, 15) is 0 Å². The van der Waals surface area contributed by atoms with Crippen LogP contribution in [0.15, 0.2) is 30.3 Å². The average Bonchev–Trinajstić information content (AvgIpc) is 2.46. The fraction of sp³-hybridized carbons (Fsp3) is 0.667. The molecule has 1 saturated carbocycles. The molecule has 1 aliphatic carbocycles. The molecule has 1 nitrogen and oxygen atoms in total. The zero-order valence-electron chi connectivity index (χ0n) is 12.7. The Morgan fingerprint density at radius 1 is 1.16 bits per heavy atom. The highest BCUT2D eigenvalue weighted by molar-refractivity contribution is 5.21. The Hall–Kier alpha value is -0.820. The van der Waals surface area contributed by atoms with Gasteiger partial charge in [-0.25, -0.2) is 0 Å². The molecule has 1 N–H and O–H groups in total. The molecule has 0 amide bonds. The molecule has 0 saturated heterocycles. The molecule has 0 bridgehead atoms. The number of rotatable bonds is 5. The molecular weight excluding hydrogens is 230 g/mol. The first-order valence-corrected chi connectivity index (χ1v) is 7.99. The summed E-state index contributed by atoms with van der Waals surface area (Å²) < 4.78 is 0. The maximum Gasteiger partial charge on any atom is 0.00104 e. The van der Waals surface area contributed by atoms with Crippen molar-refractivity contribution in [2.24, 2.45) is 11.8 Å². The largest absolute Gasteiger partial charge is 0.314 e. The van der Waals surface area contributed by atoms with E-state index in [2.05, 4.69) is 56.4 Å². The van der Waals surface area contributed by atoms with Crippen LogP contribution in [0.25, 0.3) is 0 Å². The second kappa shape index (κ2) is 7.09. The predicted molar refractivity (Wildman–Crippen MR) is 83.4 cm³/mol. The smallest absolute Gasteiger partial charge is 0.00104 e. The zero-order chi connectivity index (χ0) is 13.7. The third-order valence-corrected chi connectivity index (χ3v) is 4.70. The Bertz CT molecular complexity index is 357. The third-order valence-electron chi connectivity index (χ3n) is 4.70. The minimum atomic E-state index is 0.598. The van der Waals surface area contributed by atoms with Crippen LogP contribution in [0.2, 0.25) is 0 Å². The Labute approximate surface area is 118 Å². The lowest BCUT2D eigenvalue weighted by atomic mass is 9.70. The molecule has 1 aliphatic rings. The van der Waals surface area contributed by atoms with Gasteiger partial charge < -0.3 is 5.32 Å². The van der Waals surface area contributed by atoms with Crippen molar-refractivity contribution in [3.63, 3.8) is 0 Å². The summed E-state index contributed by atoms with van der Waals surface area (Å²) in [6.45, 7) is 8.01. The summed E-state index contributed by atoms with van der Waals surface area (Å²) in [5.74, 6) is 2.50. The summed E-state index contributed by atoms with van der Waals surface area (Å²) in [7, 11) is 0. The number of benzene rings is 1. The standard InChI is InChI=1S/C18H29N/c1-4-15-10-11-17(13-19-14(2)3)18(12-15)16-8-6-5-7-9-16/h5-9,14-15,17-19H,4,10-13H2,1-3H3. The van der Waals surface area contributed by atoms with Crippen LogP contribution in [0.3, 0.4) is 0 Å². The van der Waals surface area contributed by atoms with Crippen LogP contribution in [-0.2, 0) is 0 Å². The summed E-state index contributed by atoms with van der Waals surface area (Å²) in [4.78, 5) is 0. The lowest BCUT2D eigenvalue weighted by molar-refractivity contribution is 0.222. The van der Waals surface area contributed by atoms with E-state index in [1.54, 1.807) is 5.56 Å². The van der Waals surface area contributed by atoms with E-state index < -0.39 is 0 Å². The molecule has 1 aromatic rings. The molecule has 0 heterocycles. The van der Waals surface area contributed by atoms with Crippen molar-refractivity contribution >= 4 is 0 Å². The highest BCUT2D eigenvalue weighted by atomic mass is 14.9. The Morgan fingerprint density at radius 3 is 2.53 bits per heavy atom. The van der Waals surface area contributed by atoms with Crippen molar-refractivity contribution in [2.45, 2.75) is 58.4 Å². The summed E-state index contributed by atoms with van der Waals surface area (Å²) in [6.07, 6.45) is 5.53. The second-order valence-corrected chi connectivity index (χ2v) is 6.43. The first-order chi connectivity index (χ1) is 9.20. The molecule has 1 aromatic carbocycles. The Balaban J connectivity index is 2.07. The minimum Gasteiger partial charge on any atom is -0.314 e. The van der Waals surface area contributed by atoms with Gasteiger partial charge in [0.1, 0.15) is 0 Å². The van der Waals surface area contributed by atoms with Crippen LogP contribution in [0.1, 0.15) is 57.9 Å². The molecule has 0 radical (unpaired) electrons. The molecular formula is C18H29N. The van der Waals surface area contributed by atoms with E-state index in [0.717, 1.165) is 17.8 Å². The van der Waals surface area contributed by atoms with Crippen LogP contribution in [0, 0.1) is 11.8 Å². The molecule has 0 aromatic heterocycles. The van der Waals surface area contributed by atoms with Gasteiger partial charge in [0.2, 0.25) is 0 Å². The van der Waals surface area contributed by atoms with Crippen molar-refractivity contribution in [3.05, 3.63) is 35.9 Å². The maximum atomic E-state index is 3.65. The normalized spacial score (nSPS) is 27.7. The van der Waals surface area contributed by atoms with Gasteiger partial charge in [0.15, 0.2) is 0 Å². The van der Waals surface area contributed by atoms with Gasteiger partial charge in [0, 0.05) is 6.04 Å². The van der Waals surface area contributed by atoms with Gasteiger partial charge in [-0.1, -0.05) is 63.9 Å². The zero-order valence-corrected chi connectivity index (χ0v) is 12.7. The molecule has 19 heavy (non-hydrogen) atoms. The summed E-state index contributed by atoms with van der Waals surface area (Å²) in [5, 5.41) is 3.65. The molecule has 106 valence electrons. The van der Waals surface area contributed by atoms with E-state index in [1.165, 1.54) is 32.2 Å². The van der Waals surface area contributed by atoms with E-state index in [0.29, 0.717) is 6.04 Å². The van der Waals surface area contributed by atoms with Gasteiger partial charge in [-0.05, 0) is 42.7 Å². The number of hydrogen-bond donors (Lipinski definition) is 1. The van der Waals surface area contributed by atoms with Gasteiger partial charge in [-0.15, -0.1) is 0 Å². The summed E-state index contributed by atoms with van der Waals surface area (Å²) in [5.41, 5.74) is 1.55. The fourth-order valence-corrected chi connectivity index (χ4v) is 3.43. The van der Waals surface area contributed by atoms with Crippen molar-refractivity contribution in [2.75, 3.05) is 6.54 Å². The third kappa shape index (κ3) is 4.07. The summed E-state index contributed by atoms with van der Waals surface area (Å²) >= 11 is 0. The second-order valence-electron chi connectivity index (χ2n) is 6.43. The molecule has 0 spiro atoms. The first-order valence-electron chi connectivity index (χ1n) is 7.99. The number of hydrogen-bond acceptors (Lipinski definition) is 1. The van der Waals surface area contributed by atoms with Crippen LogP contribution in [0.5, 0.6) is 0 Å². The van der Waals surface area contributed by atoms with Crippen molar-refractivity contribution < 1.29 is 0 Å². The Morgan fingerprint density at radius 2 is 1.89 bits per heavy atom. The lowest BCUT2D eigenvalue weighted by Gasteiger charge is -2.37. The topological polar surface area (TPSA) is 12.0 Å². The molecule has 3 unspecified atom stereocenters. The molecule has 1 heteroatoms. The molecule has 1 fully saturated rings. The van der Waals surface area contributed by atoms with Crippen molar-refractivity contribution in [1.82, 2.24) is 5.32 Å². The first kappa shape index (κ1) is 14.6. The van der Waals surface area contributed by atoms with Crippen molar-refractivity contribution in [3.8, 4) is 0 Å². The lowest BCUT2D eigenvalue weighted by Crippen LogP contribution is -2.35. The van der Waals surface area contributed by atoms with Gasteiger partial charge in [-0.3, -0.25) is 0 Å². The quantitative estimate of drug-likeness (QED) is 0.815. The maximum absolute atomic E-state index is 3.65. The van der Waals surface area contributed by atoms with Gasteiger partial charge in [0.25, 0.3) is 0 Å². The van der Waals surface area contributed by atoms with Gasteiger partial charge in [-0.2, -0.15) is 0 Å². The average molecular weight is 259 g/mol. The van der Waals surface area contributed by atoms with Crippen LogP contribution >= 0.6 is 0 Å². The van der Waals surface area contributed by atoms with Crippen LogP contribution < -0.4 is 5.32 Å². The molecule has 2 rings (SSSR count). The molecule has 3 atom stereocenters. The van der Waals surface area contributed by atoms with Gasteiger partial charge in [0.05, 0.1) is 0 Å².